The number of thiophene rings is 1. The van der Waals surface area contributed by atoms with E-state index in [-0.39, 0.29) is 30.4 Å². The molecular formula is C30H33N3O4S. The first-order chi connectivity index (χ1) is 18.4. The van der Waals surface area contributed by atoms with Gasteiger partial charge in [-0.05, 0) is 43.0 Å². The van der Waals surface area contributed by atoms with Gasteiger partial charge in [-0.25, -0.2) is 0 Å². The van der Waals surface area contributed by atoms with E-state index >= 15 is 0 Å². The number of carbonyl (C=O) groups excluding carboxylic acids is 3. The fraction of sp³-hybridized carbons (Fsp3) is 0.367. The van der Waals surface area contributed by atoms with Gasteiger partial charge in [0, 0.05) is 36.4 Å². The Bertz CT molecular complexity index is 1270. The van der Waals surface area contributed by atoms with Gasteiger partial charge in [0.1, 0.15) is 11.8 Å². The summed E-state index contributed by atoms with van der Waals surface area (Å²) in [7, 11) is 0. The van der Waals surface area contributed by atoms with Crippen LogP contribution in [0.2, 0.25) is 0 Å². The lowest BCUT2D eigenvalue weighted by atomic mass is 9.96. The van der Waals surface area contributed by atoms with Gasteiger partial charge in [-0.2, -0.15) is 0 Å². The molecule has 1 spiro atoms. The number of carbonyl (C=O) groups is 3. The molecule has 2 fully saturated rings. The Balaban J connectivity index is 1.35. The maximum atomic E-state index is 13.9. The highest BCUT2D eigenvalue weighted by Crippen LogP contribution is 2.39. The first kappa shape index (κ1) is 26.1. The average Bonchev–Trinajstić information content (AvgIpc) is 3.57. The highest BCUT2D eigenvalue weighted by atomic mass is 32.1. The molecule has 0 aliphatic carbocycles. The Morgan fingerprint density at radius 2 is 1.74 bits per heavy atom. The summed E-state index contributed by atoms with van der Waals surface area (Å²) in [6.45, 7) is 4.96. The van der Waals surface area contributed by atoms with Crippen molar-refractivity contribution >= 4 is 29.1 Å². The number of nitrogens with one attached hydrogen (secondary N) is 1. The number of amides is 3. The Kier molecular flexibility index (Phi) is 7.63. The lowest BCUT2D eigenvalue weighted by Crippen LogP contribution is -2.60. The number of rotatable bonds is 6. The normalized spacial score (nSPS) is 19.4. The van der Waals surface area contributed by atoms with Crippen LogP contribution < -0.4 is 5.32 Å². The van der Waals surface area contributed by atoms with Crippen LogP contribution in [-0.2, 0) is 20.7 Å². The monoisotopic (exact) mass is 531 g/mol. The van der Waals surface area contributed by atoms with E-state index in [2.05, 4.69) is 5.32 Å². The molecule has 8 heteroatoms. The summed E-state index contributed by atoms with van der Waals surface area (Å²) in [4.78, 5) is 44.9. The van der Waals surface area contributed by atoms with Crippen molar-refractivity contribution in [3.05, 3.63) is 93.7 Å². The molecule has 1 N–H and O–H groups in total. The predicted octanol–water partition coefficient (Wildman–Crippen LogP) is 4.34. The lowest BCUT2D eigenvalue weighted by molar-refractivity contribution is -0.143. The van der Waals surface area contributed by atoms with Gasteiger partial charge in [-0.1, -0.05) is 54.1 Å². The Morgan fingerprint density at radius 1 is 1.03 bits per heavy atom. The van der Waals surface area contributed by atoms with E-state index in [0.717, 1.165) is 16.0 Å². The second-order valence-corrected chi connectivity index (χ2v) is 11.1. The zero-order valence-corrected chi connectivity index (χ0v) is 22.6. The lowest BCUT2D eigenvalue weighted by Gasteiger charge is -2.44. The summed E-state index contributed by atoms with van der Waals surface area (Å²) < 4.78 is 6.32. The van der Waals surface area contributed by atoms with E-state index in [4.69, 9.17) is 4.74 Å². The van der Waals surface area contributed by atoms with Crippen molar-refractivity contribution in [3.63, 3.8) is 0 Å². The Morgan fingerprint density at radius 3 is 2.39 bits per heavy atom. The van der Waals surface area contributed by atoms with Crippen LogP contribution in [0.4, 0.5) is 0 Å². The molecule has 0 bridgehead atoms. The fourth-order valence-corrected chi connectivity index (χ4v) is 6.01. The first-order valence-electron chi connectivity index (χ1n) is 13.1. The second-order valence-electron chi connectivity index (χ2n) is 10.1. The van der Waals surface area contributed by atoms with Crippen LogP contribution in [0.5, 0.6) is 0 Å². The summed E-state index contributed by atoms with van der Waals surface area (Å²) in [5.41, 5.74) is 1.63. The Labute approximate surface area is 227 Å². The molecule has 198 valence electrons. The molecule has 0 unspecified atom stereocenters. The Hall–Kier alpha value is -3.49. The number of ether oxygens (including phenoxy) is 1. The summed E-state index contributed by atoms with van der Waals surface area (Å²) in [6.07, 6.45) is 1.29. The number of piperidine rings is 1. The molecule has 7 nitrogen and oxygen atoms in total. The summed E-state index contributed by atoms with van der Waals surface area (Å²) in [6, 6.07) is 20.1. The van der Waals surface area contributed by atoms with Crippen LogP contribution in [-0.4, -0.2) is 59.0 Å². The van der Waals surface area contributed by atoms with E-state index in [1.165, 1.54) is 0 Å². The summed E-state index contributed by atoms with van der Waals surface area (Å²) in [5.74, 6) is -0.397. The van der Waals surface area contributed by atoms with Crippen molar-refractivity contribution in [1.82, 2.24) is 15.1 Å². The first-order valence-corrected chi connectivity index (χ1v) is 13.9. The molecular weight excluding hydrogens is 498 g/mol. The number of likely N-dealkylation sites (tertiary alicyclic amines) is 1. The van der Waals surface area contributed by atoms with Crippen LogP contribution in [0, 0.1) is 6.92 Å². The molecule has 2 atom stereocenters. The van der Waals surface area contributed by atoms with Gasteiger partial charge in [-0.3, -0.25) is 19.3 Å². The number of aryl methyl sites for hydroxylation is 1. The summed E-state index contributed by atoms with van der Waals surface area (Å²) >= 11 is 1.57. The smallest absolute Gasteiger partial charge is 0.256 e. The maximum absolute atomic E-state index is 13.9. The molecule has 2 saturated heterocycles. The second kappa shape index (κ2) is 11.1. The van der Waals surface area contributed by atoms with Gasteiger partial charge in [0.2, 0.25) is 11.8 Å². The van der Waals surface area contributed by atoms with Crippen molar-refractivity contribution in [2.24, 2.45) is 0 Å². The molecule has 5 rings (SSSR count). The highest BCUT2D eigenvalue weighted by Gasteiger charge is 2.54. The number of hydrogen-bond acceptors (Lipinski definition) is 5. The number of benzene rings is 2. The quantitative estimate of drug-likeness (QED) is 0.514. The molecule has 0 saturated carbocycles. The fourth-order valence-electron chi connectivity index (χ4n) is 5.32. The third kappa shape index (κ3) is 5.37. The largest absolute Gasteiger partial charge is 0.353 e. The SMILES string of the molecule is Cc1ccc(C(=O)N2[C@H](C(=O)N[C@H](C)c3ccccc3)COC23CCN(C(=O)Cc2cccs2)CC3)cc1. The third-order valence-corrected chi connectivity index (χ3v) is 8.42. The van der Waals surface area contributed by atoms with Crippen molar-refractivity contribution in [3.8, 4) is 0 Å². The molecule has 2 aliphatic heterocycles. The van der Waals surface area contributed by atoms with E-state index in [0.29, 0.717) is 37.9 Å². The average molecular weight is 532 g/mol. The zero-order valence-electron chi connectivity index (χ0n) is 21.8. The van der Waals surface area contributed by atoms with Crippen molar-refractivity contribution in [2.75, 3.05) is 19.7 Å². The van der Waals surface area contributed by atoms with Crippen molar-refractivity contribution < 1.29 is 19.1 Å². The van der Waals surface area contributed by atoms with Crippen LogP contribution >= 0.6 is 11.3 Å². The van der Waals surface area contributed by atoms with Gasteiger partial charge >= 0.3 is 0 Å². The predicted molar refractivity (Wildman–Crippen MR) is 147 cm³/mol. The van der Waals surface area contributed by atoms with Gasteiger partial charge in [0.05, 0.1) is 19.1 Å². The van der Waals surface area contributed by atoms with Crippen LogP contribution in [0.15, 0.2) is 72.1 Å². The molecule has 3 amide bonds. The minimum atomic E-state index is -0.931. The van der Waals surface area contributed by atoms with E-state index in [9.17, 15) is 14.4 Å². The number of nitrogens with zero attached hydrogens (tertiary/aromatic N) is 2. The topological polar surface area (TPSA) is 79.0 Å². The standard InChI is InChI=1S/C30H33N3O4S/c1-21-10-12-24(13-11-21)29(36)33-26(28(35)31-22(2)23-7-4-3-5-8-23)20-37-30(33)14-16-32(17-15-30)27(34)19-25-9-6-18-38-25/h3-13,18,22,26H,14-17,19-20H2,1-2H3,(H,31,35)/t22-,26+/m1/s1. The molecule has 38 heavy (non-hydrogen) atoms. The van der Waals surface area contributed by atoms with Gasteiger partial charge in [-0.15, -0.1) is 11.3 Å². The van der Waals surface area contributed by atoms with Gasteiger partial charge in [0.25, 0.3) is 5.91 Å². The van der Waals surface area contributed by atoms with E-state index in [1.54, 1.807) is 28.4 Å². The van der Waals surface area contributed by atoms with E-state index < -0.39 is 11.8 Å². The summed E-state index contributed by atoms with van der Waals surface area (Å²) in [5, 5.41) is 5.05. The highest BCUT2D eigenvalue weighted by molar-refractivity contribution is 7.10. The molecule has 2 aliphatic rings. The molecule has 3 heterocycles. The van der Waals surface area contributed by atoms with Crippen molar-refractivity contribution in [1.29, 1.82) is 0 Å². The third-order valence-electron chi connectivity index (χ3n) is 7.54. The van der Waals surface area contributed by atoms with Crippen LogP contribution in [0.3, 0.4) is 0 Å². The minimum absolute atomic E-state index is 0.0719. The van der Waals surface area contributed by atoms with Crippen LogP contribution in [0.25, 0.3) is 0 Å². The molecule has 2 aromatic carbocycles. The van der Waals surface area contributed by atoms with Gasteiger partial charge in [0.15, 0.2) is 0 Å². The van der Waals surface area contributed by atoms with Crippen LogP contribution in [0.1, 0.15) is 52.2 Å². The number of hydrogen-bond donors (Lipinski definition) is 1. The molecule has 0 radical (unpaired) electrons. The van der Waals surface area contributed by atoms with Gasteiger partial charge < -0.3 is 15.0 Å². The maximum Gasteiger partial charge on any atom is 0.256 e. The van der Waals surface area contributed by atoms with Crippen molar-refractivity contribution in [2.45, 2.75) is 50.9 Å². The zero-order chi connectivity index (χ0) is 26.7. The van der Waals surface area contributed by atoms with E-state index in [1.807, 2.05) is 78.7 Å². The minimum Gasteiger partial charge on any atom is -0.353 e. The molecule has 3 aromatic rings. The molecule has 1 aromatic heterocycles.